The highest BCUT2D eigenvalue weighted by molar-refractivity contribution is 6.16. The van der Waals surface area contributed by atoms with Crippen LogP contribution in [0.3, 0.4) is 0 Å². The summed E-state index contributed by atoms with van der Waals surface area (Å²) in [6, 6.07) is 9.53. The molecule has 0 atom stereocenters. The number of alkyl halides is 1. The summed E-state index contributed by atoms with van der Waals surface area (Å²) in [7, 11) is 0. The first-order valence-corrected chi connectivity index (χ1v) is 4.51. The second kappa shape index (κ2) is 3.23. The van der Waals surface area contributed by atoms with Gasteiger partial charge in [0, 0.05) is 11.5 Å². The van der Waals surface area contributed by atoms with Crippen LogP contribution < -0.4 is 4.73 Å². The number of nitrogens with zero attached hydrogens (tertiary/aromatic N) is 1. The van der Waals surface area contributed by atoms with Gasteiger partial charge in [-0.05, 0) is 11.5 Å². The number of hydrogen-bond acceptors (Lipinski definition) is 1. The lowest BCUT2D eigenvalue weighted by molar-refractivity contribution is -0.611. The monoisotopic (exact) mass is 193 g/mol. The lowest BCUT2D eigenvalue weighted by Gasteiger charge is -2.03. The number of hydrogen-bond donors (Lipinski definition) is 0. The van der Waals surface area contributed by atoms with Gasteiger partial charge in [0.05, 0.1) is 0 Å². The Bertz CT molecular complexity index is 442. The van der Waals surface area contributed by atoms with E-state index in [2.05, 4.69) is 0 Å². The van der Waals surface area contributed by atoms with E-state index in [9.17, 15) is 5.21 Å². The molecule has 0 N–H and O–H groups in total. The Morgan fingerprint density at radius 3 is 2.62 bits per heavy atom. The summed E-state index contributed by atoms with van der Waals surface area (Å²) in [5.41, 5.74) is 0.584. The minimum Gasteiger partial charge on any atom is -0.618 e. The molecule has 0 aliphatic carbocycles. The maximum absolute atomic E-state index is 11.3. The van der Waals surface area contributed by atoms with Crippen LogP contribution >= 0.6 is 11.6 Å². The molecular formula is C10H8ClNO. The van der Waals surface area contributed by atoms with Gasteiger partial charge in [-0.3, -0.25) is 0 Å². The fourth-order valence-electron chi connectivity index (χ4n) is 1.31. The Labute approximate surface area is 81.0 Å². The van der Waals surface area contributed by atoms with Crippen LogP contribution in [0.2, 0.25) is 0 Å². The number of rotatable bonds is 1. The van der Waals surface area contributed by atoms with E-state index in [0.29, 0.717) is 5.69 Å². The number of fused-ring (bicyclic) bond motifs is 1. The van der Waals surface area contributed by atoms with Gasteiger partial charge < -0.3 is 5.21 Å². The van der Waals surface area contributed by atoms with Gasteiger partial charge in [-0.25, -0.2) is 0 Å². The Morgan fingerprint density at radius 1 is 1.23 bits per heavy atom. The normalized spacial score (nSPS) is 10.5. The van der Waals surface area contributed by atoms with Crippen molar-refractivity contribution in [2.45, 2.75) is 5.88 Å². The molecule has 2 rings (SSSR count). The quantitative estimate of drug-likeness (QED) is 0.388. The highest BCUT2D eigenvalue weighted by Crippen LogP contribution is 2.12. The summed E-state index contributed by atoms with van der Waals surface area (Å²) in [5.74, 6) is 0.244. The number of pyridine rings is 1. The van der Waals surface area contributed by atoms with E-state index in [4.69, 9.17) is 11.6 Å². The third kappa shape index (κ3) is 1.45. The number of aromatic nitrogens is 1. The van der Waals surface area contributed by atoms with Crippen LogP contribution in [-0.2, 0) is 5.88 Å². The van der Waals surface area contributed by atoms with Crippen LogP contribution in [0.1, 0.15) is 5.69 Å². The minimum atomic E-state index is 0.244. The fourth-order valence-corrected chi connectivity index (χ4v) is 1.50. The molecule has 0 aliphatic rings. The summed E-state index contributed by atoms with van der Waals surface area (Å²) < 4.78 is 0.815. The van der Waals surface area contributed by atoms with Gasteiger partial charge in [0.25, 0.3) is 0 Å². The molecule has 13 heavy (non-hydrogen) atoms. The molecular weight excluding hydrogens is 186 g/mol. The molecule has 0 saturated carbocycles. The largest absolute Gasteiger partial charge is 0.618 e. The molecule has 0 saturated heterocycles. The SMILES string of the molecule is [O-][n+]1cc2ccccc2cc1CCl. The maximum Gasteiger partial charge on any atom is 0.208 e. The first-order chi connectivity index (χ1) is 6.31. The van der Waals surface area contributed by atoms with E-state index in [-0.39, 0.29) is 5.88 Å². The van der Waals surface area contributed by atoms with Gasteiger partial charge in [-0.1, -0.05) is 18.2 Å². The molecule has 0 unspecified atom stereocenters. The number of benzene rings is 1. The lowest BCUT2D eigenvalue weighted by Crippen LogP contribution is -2.30. The zero-order chi connectivity index (χ0) is 9.26. The van der Waals surface area contributed by atoms with Crippen molar-refractivity contribution < 1.29 is 4.73 Å². The van der Waals surface area contributed by atoms with E-state index in [1.165, 1.54) is 0 Å². The maximum atomic E-state index is 11.3. The predicted molar refractivity (Wildman–Crippen MR) is 52.5 cm³/mol. The van der Waals surface area contributed by atoms with Crippen LogP contribution in [0.5, 0.6) is 0 Å². The van der Waals surface area contributed by atoms with Gasteiger partial charge in [-0.15, -0.1) is 11.6 Å². The van der Waals surface area contributed by atoms with E-state index in [1.807, 2.05) is 30.3 Å². The predicted octanol–water partition coefficient (Wildman–Crippen LogP) is 2.21. The fraction of sp³-hybridized carbons (Fsp3) is 0.100. The molecule has 3 heteroatoms. The highest BCUT2D eigenvalue weighted by Gasteiger charge is 2.04. The zero-order valence-electron chi connectivity index (χ0n) is 6.90. The summed E-state index contributed by atoms with van der Waals surface area (Å²) in [6.07, 6.45) is 1.55. The van der Waals surface area contributed by atoms with Crippen molar-refractivity contribution in [2.75, 3.05) is 0 Å². The van der Waals surface area contributed by atoms with Crippen molar-refractivity contribution in [3.05, 3.63) is 47.4 Å². The molecule has 0 aliphatic heterocycles. The Balaban J connectivity index is 2.74. The summed E-state index contributed by atoms with van der Waals surface area (Å²) in [5, 5.41) is 13.3. The van der Waals surface area contributed by atoms with Crippen molar-refractivity contribution in [2.24, 2.45) is 0 Å². The summed E-state index contributed by atoms with van der Waals surface area (Å²) in [4.78, 5) is 0. The van der Waals surface area contributed by atoms with Crippen molar-refractivity contribution in [1.82, 2.24) is 0 Å². The first-order valence-electron chi connectivity index (χ1n) is 3.98. The van der Waals surface area contributed by atoms with Crippen LogP contribution in [0.15, 0.2) is 36.5 Å². The average Bonchev–Trinajstić information content (AvgIpc) is 2.17. The van der Waals surface area contributed by atoms with E-state index in [0.717, 1.165) is 15.5 Å². The molecule has 0 bridgehead atoms. The van der Waals surface area contributed by atoms with Gasteiger partial charge in [-0.2, -0.15) is 4.73 Å². The molecule has 1 aromatic heterocycles. The van der Waals surface area contributed by atoms with Crippen LogP contribution in [0, 0.1) is 5.21 Å². The molecule has 0 spiro atoms. The molecule has 0 radical (unpaired) electrons. The molecule has 66 valence electrons. The smallest absolute Gasteiger partial charge is 0.208 e. The van der Waals surface area contributed by atoms with Gasteiger partial charge >= 0.3 is 0 Å². The van der Waals surface area contributed by atoms with E-state index < -0.39 is 0 Å². The molecule has 0 fully saturated rings. The van der Waals surface area contributed by atoms with Gasteiger partial charge in [0.2, 0.25) is 5.69 Å². The second-order valence-electron chi connectivity index (χ2n) is 2.85. The third-order valence-electron chi connectivity index (χ3n) is 1.99. The Kier molecular flexibility index (Phi) is 2.07. The highest BCUT2D eigenvalue weighted by atomic mass is 35.5. The van der Waals surface area contributed by atoms with Crippen LogP contribution in [0.25, 0.3) is 10.8 Å². The lowest BCUT2D eigenvalue weighted by atomic mass is 10.1. The molecule has 0 amide bonds. The summed E-state index contributed by atoms with van der Waals surface area (Å²) in [6.45, 7) is 0. The van der Waals surface area contributed by atoms with Crippen molar-refractivity contribution in [1.29, 1.82) is 0 Å². The summed E-state index contributed by atoms with van der Waals surface area (Å²) >= 11 is 5.61. The van der Waals surface area contributed by atoms with E-state index >= 15 is 0 Å². The third-order valence-corrected chi connectivity index (χ3v) is 2.27. The van der Waals surface area contributed by atoms with Crippen molar-refractivity contribution >= 4 is 22.4 Å². The standard InChI is InChI=1S/C10H8ClNO/c11-6-10-5-8-3-1-2-4-9(8)7-12(10)13/h1-5,7H,6H2. The Hall–Kier alpha value is -1.28. The van der Waals surface area contributed by atoms with Crippen molar-refractivity contribution in [3.8, 4) is 0 Å². The minimum absolute atomic E-state index is 0.244. The molecule has 2 aromatic rings. The Morgan fingerprint density at radius 2 is 1.92 bits per heavy atom. The second-order valence-corrected chi connectivity index (χ2v) is 3.12. The van der Waals surface area contributed by atoms with Gasteiger partial charge in [0.15, 0.2) is 6.20 Å². The molecule has 1 aromatic carbocycles. The van der Waals surface area contributed by atoms with E-state index in [1.54, 1.807) is 6.20 Å². The first kappa shape index (κ1) is 8.32. The molecule has 2 nitrogen and oxygen atoms in total. The topological polar surface area (TPSA) is 26.9 Å². The zero-order valence-corrected chi connectivity index (χ0v) is 7.66. The van der Waals surface area contributed by atoms with Crippen LogP contribution in [-0.4, -0.2) is 0 Å². The van der Waals surface area contributed by atoms with Gasteiger partial charge in [0.1, 0.15) is 5.88 Å². The van der Waals surface area contributed by atoms with Crippen LogP contribution in [0.4, 0.5) is 0 Å². The molecule has 1 heterocycles. The number of halogens is 1. The van der Waals surface area contributed by atoms with Crippen molar-refractivity contribution in [3.63, 3.8) is 0 Å². The average molecular weight is 194 g/mol.